The summed E-state index contributed by atoms with van der Waals surface area (Å²) >= 11 is 0. The van der Waals surface area contributed by atoms with E-state index in [2.05, 4.69) is 20.9 Å². The fourth-order valence-electron chi connectivity index (χ4n) is 1.13. The van der Waals surface area contributed by atoms with Crippen LogP contribution in [0.25, 0.3) is 0 Å². The average molecular weight is 381 g/mol. The number of carbonyl (C=O) groups excluding carboxylic acids is 2. The van der Waals surface area contributed by atoms with E-state index in [1.807, 2.05) is 0 Å². The topological polar surface area (TPSA) is 146 Å². The number of carbonyl (C=O) groups is 3. The van der Waals surface area contributed by atoms with Crippen LogP contribution in [-0.4, -0.2) is 48.7 Å². The van der Waals surface area contributed by atoms with Gasteiger partial charge in [-0.2, -0.15) is 13.2 Å². The van der Waals surface area contributed by atoms with Crippen LogP contribution in [0.15, 0.2) is 29.3 Å². The van der Waals surface area contributed by atoms with Gasteiger partial charge in [0.1, 0.15) is 12.4 Å². The predicted molar refractivity (Wildman–Crippen MR) is 82.8 cm³/mol. The van der Waals surface area contributed by atoms with Crippen molar-refractivity contribution in [3.63, 3.8) is 0 Å². The number of carboxylic acids is 1. The van der Waals surface area contributed by atoms with Crippen molar-refractivity contribution in [2.45, 2.75) is 6.18 Å². The summed E-state index contributed by atoms with van der Waals surface area (Å²) in [6, 6.07) is 5.19. The Morgan fingerprint density at radius 2 is 1.77 bits per heavy atom. The van der Waals surface area contributed by atoms with Crippen molar-refractivity contribution < 1.29 is 37.1 Å². The number of aliphatic imine (C=N–C) groups is 1. The zero-order valence-corrected chi connectivity index (χ0v) is 13.2. The van der Waals surface area contributed by atoms with E-state index in [-0.39, 0.29) is 18.2 Å². The van der Waals surface area contributed by atoms with Gasteiger partial charge in [-0.25, -0.2) is 19.0 Å². The molecule has 9 nitrogen and oxygen atoms in total. The van der Waals surface area contributed by atoms with Gasteiger partial charge in [-0.1, -0.05) is 12.1 Å². The predicted octanol–water partition coefficient (Wildman–Crippen LogP) is 0.641. The molecule has 1 rings (SSSR count). The Kier molecular flexibility index (Phi) is 9.12. The van der Waals surface area contributed by atoms with E-state index in [4.69, 9.17) is 15.6 Å². The lowest BCUT2D eigenvalue weighted by Crippen LogP contribution is -2.42. The molecule has 0 saturated heterocycles. The Hall–Kier alpha value is -3.38. The first-order valence-electron chi connectivity index (χ1n) is 6.60. The molecule has 0 aliphatic rings. The maximum absolute atomic E-state index is 13.2. The maximum atomic E-state index is 13.2. The SMILES string of the molecule is CNC(=O)NC(N)=NCC(=O)Nc1ccccc1F.O=C(O)C(F)(F)F. The molecule has 0 fully saturated rings. The van der Waals surface area contributed by atoms with Gasteiger partial charge in [0, 0.05) is 7.05 Å². The Balaban J connectivity index is 0.000000758. The second kappa shape index (κ2) is 10.5. The summed E-state index contributed by atoms with van der Waals surface area (Å²) in [6.07, 6.45) is -5.08. The number of anilines is 1. The van der Waals surface area contributed by atoms with E-state index in [1.54, 1.807) is 6.07 Å². The molecule has 3 amide bonds. The minimum absolute atomic E-state index is 0.0560. The third-order valence-electron chi connectivity index (χ3n) is 2.25. The van der Waals surface area contributed by atoms with Crippen molar-refractivity contribution in [1.29, 1.82) is 0 Å². The first-order chi connectivity index (χ1) is 12.0. The van der Waals surface area contributed by atoms with Gasteiger partial charge < -0.3 is 21.5 Å². The van der Waals surface area contributed by atoms with E-state index in [1.165, 1.54) is 25.2 Å². The average Bonchev–Trinajstić information content (AvgIpc) is 2.54. The van der Waals surface area contributed by atoms with Gasteiger partial charge >= 0.3 is 18.2 Å². The van der Waals surface area contributed by atoms with Crippen molar-refractivity contribution in [2.75, 3.05) is 18.9 Å². The summed E-state index contributed by atoms with van der Waals surface area (Å²) in [7, 11) is 1.41. The lowest BCUT2D eigenvalue weighted by atomic mass is 10.3. The molecule has 1 aromatic carbocycles. The molecule has 0 saturated carbocycles. The van der Waals surface area contributed by atoms with Crippen LogP contribution in [0.1, 0.15) is 0 Å². The minimum atomic E-state index is -5.08. The van der Waals surface area contributed by atoms with Crippen molar-refractivity contribution in [2.24, 2.45) is 10.7 Å². The van der Waals surface area contributed by atoms with E-state index in [0.717, 1.165) is 0 Å². The monoisotopic (exact) mass is 381 g/mol. The Bertz CT molecular complexity index is 679. The summed E-state index contributed by atoms with van der Waals surface area (Å²) in [5.74, 6) is -4.06. The number of carboxylic acid groups (broad SMARTS) is 1. The molecule has 0 spiro atoms. The molecule has 0 atom stereocenters. The summed E-state index contributed by atoms with van der Waals surface area (Å²) in [5, 5.41) is 13.9. The highest BCUT2D eigenvalue weighted by atomic mass is 19.4. The summed E-state index contributed by atoms with van der Waals surface area (Å²) < 4.78 is 45.0. The van der Waals surface area contributed by atoms with Gasteiger partial charge in [0.15, 0.2) is 5.96 Å². The number of rotatable bonds is 3. The van der Waals surface area contributed by atoms with Crippen LogP contribution in [0.3, 0.4) is 0 Å². The van der Waals surface area contributed by atoms with Crippen LogP contribution >= 0.6 is 0 Å². The van der Waals surface area contributed by atoms with Gasteiger partial charge in [-0.05, 0) is 12.1 Å². The zero-order valence-electron chi connectivity index (χ0n) is 13.2. The fraction of sp³-hybridized carbons (Fsp3) is 0.231. The Morgan fingerprint density at radius 1 is 1.23 bits per heavy atom. The largest absolute Gasteiger partial charge is 0.490 e. The van der Waals surface area contributed by atoms with Crippen LogP contribution in [0, 0.1) is 5.82 Å². The Morgan fingerprint density at radius 3 is 2.23 bits per heavy atom. The highest BCUT2D eigenvalue weighted by Gasteiger charge is 2.38. The quantitative estimate of drug-likeness (QED) is 0.296. The van der Waals surface area contributed by atoms with E-state index >= 15 is 0 Å². The molecule has 0 radical (unpaired) electrons. The lowest BCUT2D eigenvalue weighted by molar-refractivity contribution is -0.192. The number of alkyl halides is 3. The van der Waals surface area contributed by atoms with Gasteiger partial charge in [-0.15, -0.1) is 0 Å². The first kappa shape index (κ1) is 22.6. The van der Waals surface area contributed by atoms with E-state index in [0.29, 0.717) is 0 Å². The molecule has 0 heterocycles. The van der Waals surface area contributed by atoms with Crippen LogP contribution in [0.5, 0.6) is 0 Å². The van der Waals surface area contributed by atoms with Crippen LogP contribution < -0.4 is 21.7 Å². The number of guanidine groups is 1. The van der Waals surface area contributed by atoms with Crippen LogP contribution in [0.4, 0.5) is 28.0 Å². The molecule has 13 heteroatoms. The third-order valence-corrected chi connectivity index (χ3v) is 2.25. The Labute approximate surface area is 144 Å². The molecular weight excluding hydrogens is 366 g/mol. The molecule has 1 aromatic rings. The zero-order chi connectivity index (χ0) is 20.3. The minimum Gasteiger partial charge on any atom is -0.475 e. The molecule has 0 aromatic heterocycles. The van der Waals surface area contributed by atoms with Gasteiger partial charge in [-0.3, -0.25) is 10.1 Å². The van der Waals surface area contributed by atoms with Gasteiger partial charge in [0.25, 0.3) is 0 Å². The molecule has 0 aliphatic carbocycles. The lowest BCUT2D eigenvalue weighted by Gasteiger charge is -2.05. The van der Waals surface area contributed by atoms with Crippen LogP contribution in [0.2, 0.25) is 0 Å². The van der Waals surface area contributed by atoms with Crippen LogP contribution in [-0.2, 0) is 9.59 Å². The molecule has 0 bridgehead atoms. The van der Waals surface area contributed by atoms with Gasteiger partial charge in [0.05, 0.1) is 5.69 Å². The molecule has 0 aliphatic heterocycles. The smallest absolute Gasteiger partial charge is 0.475 e. The molecular formula is C13H15F4N5O4. The summed E-state index contributed by atoms with van der Waals surface area (Å²) in [4.78, 5) is 34.8. The number of benzene rings is 1. The molecule has 26 heavy (non-hydrogen) atoms. The normalized spacial score (nSPS) is 10.9. The second-order valence-corrected chi connectivity index (χ2v) is 4.24. The molecule has 0 unspecified atom stereocenters. The number of amides is 3. The third kappa shape index (κ3) is 9.69. The number of nitrogens with two attached hydrogens (primary N) is 1. The highest BCUT2D eigenvalue weighted by Crippen LogP contribution is 2.13. The summed E-state index contributed by atoms with van der Waals surface area (Å²) in [5.41, 5.74) is 5.40. The fourth-order valence-corrected chi connectivity index (χ4v) is 1.13. The van der Waals surface area contributed by atoms with Gasteiger partial charge in [0.2, 0.25) is 5.91 Å². The summed E-state index contributed by atoms with van der Waals surface area (Å²) in [6.45, 7) is -0.329. The number of urea groups is 1. The highest BCUT2D eigenvalue weighted by molar-refractivity contribution is 5.98. The number of nitrogens with one attached hydrogen (secondary N) is 3. The van der Waals surface area contributed by atoms with E-state index in [9.17, 15) is 27.2 Å². The number of hydrogen-bond donors (Lipinski definition) is 5. The molecule has 144 valence electrons. The van der Waals surface area contributed by atoms with Crippen molar-refractivity contribution in [1.82, 2.24) is 10.6 Å². The number of nitrogens with zero attached hydrogens (tertiary/aromatic N) is 1. The van der Waals surface area contributed by atoms with Crippen molar-refractivity contribution in [3.05, 3.63) is 30.1 Å². The number of aliphatic carboxylic acids is 1. The number of halogens is 4. The first-order valence-corrected chi connectivity index (χ1v) is 6.60. The second-order valence-electron chi connectivity index (χ2n) is 4.24. The van der Waals surface area contributed by atoms with E-state index < -0.39 is 29.9 Å². The van der Waals surface area contributed by atoms with Crippen molar-refractivity contribution in [3.8, 4) is 0 Å². The number of para-hydroxylation sites is 1. The molecule has 6 N–H and O–H groups in total. The standard InChI is InChI=1S/C11H14FN5O2.C2HF3O2/c1-14-11(19)17-10(13)15-6-9(18)16-8-5-3-2-4-7(8)12;3-2(4,5)1(6)7/h2-5H,6H2,1H3,(H,16,18)(H4,13,14,15,17,19);(H,6,7). The maximum Gasteiger partial charge on any atom is 0.490 e. The van der Waals surface area contributed by atoms with Crippen molar-refractivity contribution >= 4 is 29.6 Å². The number of hydrogen-bond acceptors (Lipinski definition) is 4.